The van der Waals surface area contributed by atoms with Gasteiger partial charge in [0.25, 0.3) is 0 Å². The van der Waals surface area contributed by atoms with Gasteiger partial charge in [-0.2, -0.15) is 5.26 Å². The minimum absolute atomic E-state index is 0.0123. The molecule has 2 aromatic rings. The number of hydrogen-bond acceptors (Lipinski definition) is 2. The third-order valence-corrected chi connectivity index (χ3v) is 3.19. The van der Waals surface area contributed by atoms with Gasteiger partial charge in [-0.25, -0.2) is 4.39 Å². The molecule has 0 amide bonds. The highest BCUT2D eigenvalue weighted by atomic mass is 35.5. The molecule has 0 N–H and O–H groups in total. The van der Waals surface area contributed by atoms with Crippen LogP contribution in [0.4, 0.5) is 4.39 Å². The SMILES string of the molecule is N#Cc1ccc(COc2ccc(Cl)c(Cl)c2)cc1F. The molecule has 0 aliphatic carbocycles. The van der Waals surface area contributed by atoms with Gasteiger partial charge in [0.15, 0.2) is 0 Å². The van der Waals surface area contributed by atoms with Gasteiger partial charge in [-0.05, 0) is 29.8 Å². The molecule has 19 heavy (non-hydrogen) atoms. The van der Waals surface area contributed by atoms with Gasteiger partial charge in [-0.1, -0.05) is 29.3 Å². The summed E-state index contributed by atoms with van der Waals surface area (Å²) in [4.78, 5) is 0. The summed E-state index contributed by atoms with van der Waals surface area (Å²) in [6, 6.07) is 11.0. The second-order valence-electron chi connectivity index (χ2n) is 3.79. The first-order valence-corrected chi connectivity index (χ1v) is 6.12. The first-order valence-electron chi connectivity index (χ1n) is 5.36. The van der Waals surface area contributed by atoms with Crippen LogP contribution in [0, 0.1) is 17.1 Å². The van der Waals surface area contributed by atoms with E-state index in [1.165, 1.54) is 12.1 Å². The Balaban J connectivity index is 2.08. The van der Waals surface area contributed by atoms with Crippen LogP contribution in [0.5, 0.6) is 5.75 Å². The Labute approximate surface area is 119 Å². The molecule has 5 heteroatoms. The van der Waals surface area contributed by atoms with Crippen molar-refractivity contribution in [2.45, 2.75) is 6.61 Å². The van der Waals surface area contributed by atoms with Crippen molar-refractivity contribution in [3.05, 3.63) is 63.4 Å². The molecule has 0 radical (unpaired) electrons. The normalized spacial score (nSPS) is 10.0. The Bertz CT molecular complexity index is 652. The summed E-state index contributed by atoms with van der Waals surface area (Å²) in [5, 5.41) is 9.46. The molecule has 96 valence electrons. The lowest BCUT2D eigenvalue weighted by Crippen LogP contribution is -1.97. The fourth-order valence-corrected chi connectivity index (χ4v) is 1.76. The van der Waals surface area contributed by atoms with Crippen molar-refractivity contribution in [1.29, 1.82) is 5.26 Å². The molecule has 0 atom stereocenters. The second-order valence-corrected chi connectivity index (χ2v) is 4.60. The number of ether oxygens (including phenoxy) is 1. The highest BCUT2D eigenvalue weighted by molar-refractivity contribution is 6.42. The first kappa shape index (κ1) is 13.7. The molecule has 0 spiro atoms. The van der Waals surface area contributed by atoms with Crippen molar-refractivity contribution in [2.75, 3.05) is 0 Å². The number of benzene rings is 2. The predicted molar refractivity (Wildman–Crippen MR) is 71.9 cm³/mol. The van der Waals surface area contributed by atoms with Crippen molar-refractivity contribution < 1.29 is 9.13 Å². The summed E-state index contributed by atoms with van der Waals surface area (Å²) in [7, 11) is 0. The van der Waals surface area contributed by atoms with E-state index in [0.29, 0.717) is 21.4 Å². The van der Waals surface area contributed by atoms with Crippen LogP contribution < -0.4 is 4.74 Å². The van der Waals surface area contributed by atoms with E-state index >= 15 is 0 Å². The monoisotopic (exact) mass is 295 g/mol. The van der Waals surface area contributed by atoms with E-state index in [1.807, 2.05) is 0 Å². The Morgan fingerprint density at radius 2 is 1.89 bits per heavy atom. The highest BCUT2D eigenvalue weighted by Crippen LogP contribution is 2.26. The van der Waals surface area contributed by atoms with Gasteiger partial charge in [0.05, 0.1) is 15.6 Å². The number of rotatable bonds is 3. The summed E-state index contributed by atoms with van der Waals surface area (Å²) in [5.74, 6) is -0.0168. The quantitative estimate of drug-likeness (QED) is 0.830. The number of hydrogen-bond donors (Lipinski definition) is 0. The van der Waals surface area contributed by atoms with Crippen LogP contribution in [-0.2, 0) is 6.61 Å². The molecule has 0 saturated heterocycles. The third-order valence-electron chi connectivity index (χ3n) is 2.45. The van der Waals surface area contributed by atoms with Crippen LogP contribution in [0.1, 0.15) is 11.1 Å². The summed E-state index contributed by atoms with van der Waals surface area (Å²) >= 11 is 11.6. The van der Waals surface area contributed by atoms with Crippen molar-refractivity contribution in [1.82, 2.24) is 0 Å². The smallest absolute Gasteiger partial charge is 0.141 e. The van der Waals surface area contributed by atoms with E-state index in [0.717, 1.165) is 0 Å². The zero-order chi connectivity index (χ0) is 13.8. The maximum atomic E-state index is 13.4. The van der Waals surface area contributed by atoms with Gasteiger partial charge in [0.1, 0.15) is 24.2 Å². The van der Waals surface area contributed by atoms with E-state index in [-0.39, 0.29) is 12.2 Å². The standard InChI is InChI=1S/C14H8Cl2FNO/c15-12-4-3-11(6-13(12)16)19-8-9-1-2-10(7-18)14(17)5-9/h1-6H,8H2. The van der Waals surface area contributed by atoms with Crippen LogP contribution in [-0.4, -0.2) is 0 Å². The van der Waals surface area contributed by atoms with E-state index in [4.69, 9.17) is 33.2 Å². The van der Waals surface area contributed by atoms with Crippen LogP contribution in [0.2, 0.25) is 10.0 Å². The van der Waals surface area contributed by atoms with Crippen molar-refractivity contribution in [2.24, 2.45) is 0 Å². The maximum absolute atomic E-state index is 13.4. The largest absolute Gasteiger partial charge is 0.489 e. The molecular formula is C14H8Cl2FNO. The van der Waals surface area contributed by atoms with E-state index in [9.17, 15) is 4.39 Å². The predicted octanol–water partition coefficient (Wildman–Crippen LogP) is 4.58. The highest BCUT2D eigenvalue weighted by Gasteiger charge is 2.04. The van der Waals surface area contributed by atoms with Crippen LogP contribution in [0.15, 0.2) is 36.4 Å². The summed E-state index contributed by atoms with van der Waals surface area (Å²) in [5.41, 5.74) is 0.640. The third kappa shape index (κ3) is 3.37. The molecular weight excluding hydrogens is 288 g/mol. The van der Waals surface area contributed by atoms with E-state index < -0.39 is 5.82 Å². The molecule has 0 heterocycles. The van der Waals surface area contributed by atoms with E-state index in [2.05, 4.69) is 0 Å². The molecule has 0 aliphatic rings. The molecule has 2 nitrogen and oxygen atoms in total. The average molecular weight is 296 g/mol. The molecule has 0 unspecified atom stereocenters. The first-order chi connectivity index (χ1) is 9.10. The van der Waals surface area contributed by atoms with Gasteiger partial charge in [0.2, 0.25) is 0 Å². The van der Waals surface area contributed by atoms with Gasteiger partial charge in [0, 0.05) is 6.07 Å². The summed E-state index contributed by atoms with van der Waals surface area (Å²) < 4.78 is 18.8. The number of nitriles is 1. The lowest BCUT2D eigenvalue weighted by Gasteiger charge is -2.07. The van der Waals surface area contributed by atoms with Gasteiger partial charge < -0.3 is 4.74 Å². The summed E-state index contributed by atoms with van der Waals surface area (Å²) in [6.07, 6.45) is 0. The Kier molecular flexibility index (Phi) is 4.26. The Morgan fingerprint density at radius 1 is 1.11 bits per heavy atom. The lowest BCUT2D eigenvalue weighted by molar-refractivity contribution is 0.305. The number of halogens is 3. The molecule has 0 aromatic heterocycles. The van der Waals surface area contributed by atoms with Crippen molar-refractivity contribution in [3.63, 3.8) is 0 Å². The Hall–Kier alpha value is -1.76. The molecule has 0 saturated carbocycles. The molecule has 2 rings (SSSR count). The zero-order valence-corrected chi connectivity index (χ0v) is 11.2. The van der Waals surface area contributed by atoms with Crippen LogP contribution in [0.25, 0.3) is 0 Å². The molecule has 0 fully saturated rings. The zero-order valence-electron chi connectivity index (χ0n) is 9.66. The van der Waals surface area contributed by atoms with Crippen molar-refractivity contribution >= 4 is 23.2 Å². The Morgan fingerprint density at radius 3 is 2.53 bits per heavy atom. The van der Waals surface area contributed by atoms with Crippen LogP contribution >= 0.6 is 23.2 Å². The fraction of sp³-hybridized carbons (Fsp3) is 0.0714. The summed E-state index contributed by atoms with van der Waals surface area (Å²) in [6.45, 7) is 0.181. The van der Waals surface area contributed by atoms with Crippen molar-refractivity contribution in [3.8, 4) is 11.8 Å². The van der Waals surface area contributed by atoms with Crippen LogP contribution in [0.3, 0.4) is 0 Å². The van der Waals surface area contributed by atoms with Gasteiger partial charge in [-0.15, -0.1) is 0 Å². The maximum Gasteiger partial charge on any atom is 0.141 e. The average Bonchev–Trinajstić information content (AvgIpc) is 2.40. The van der Waals surface area contributed by atoms with Gasteiger partial charge in [-0.3, -0.25) is 0 Å². The minimum atomic E-state index is -0.558. The van der Waals surface area contributed by atoms with Gasteiger partial charge >= 0.3 is 0 Å². The minimum Gasteiger partial charge on any atom is -0.489 e. The topological polar surface area (TPSA) is 33.0 Å². The second kappa shape index (κ2) is 5.92. The molecule has 0 bridgehead atoms. The molecule has 2 aromatic carbocycles. The lowest BCUT2D eigenvalue weighted by atomic mass is 10.1. The molecule has 0 aliphatic heterocycles. The van der Waals surface area contributed by atoms with E-state index in [1.54, 1.807) is 30.3 Å². The number of nitrogens with zero attached hydrogens (tertiary/aromatic N) is 1. The fourth-order valence-electron chi connectivity index (χ4n) is 1.47.